The van der Waals surface area contributed by atoms with E-state index in [1.807, 2.05) is 38.1 Å². The first-order valence-electron chi connectivity index (χ1n) is 9.04. The number of carbonyl (C=O) groups excluding carboxylic acids is 1. The Hall–Kier alpha value is -2.59. The number of amides is 1. The summed E-state index contributed by atoms with van der Waals surface area (Å²) in [5.41, 5.74) is 4.53. The van der Waals surface area contributed by atoms with Crippen LogP contribution in [0.15, 0.2) is 54.6 Å². The molecule has 4 nitrogen and oxygen atoms in total. The number of halogens is 1. The molecular weight excluding hydrogens is 358 g/mol. The van der Waals surface area contributed by atoms with Crippen LogP contribution in [0.25, 0.3) is 5.69 Å². The predicted molar refractivity (Wildman–Crippen MR) is 110 cm³/mol. The molecule has 140 valence electrons. The van der Waals surface area contributed by atoms with Gasteiger partial charge in [-0.25, -0.2) is 4.68 Å². The number of aromatic nitrogens is 2. The van der Waals surface area contributed by atoms with E-state index in [4.69, 9.17) is 11.6 Å². The van der Waals surface area contributed by atoms with Crippen LogP contribution in [-0.2, 0) is 5.41 Å². The van der Waals surface area contributed by atoms with Gasteiger partial charge in [0.15, 0.2) is 5.69 Å². The summed E-state index contributed by atoms with van der Waals surface area (Å²) in [6.07, 6.45) is 0. The number of nitrogens with one attached hydrogen (secondary N) is 1. The zero-order valence-corrected chi connectivity index (χ0v) is 16.8. The van der Waals surface area contributed by atoms with Crippen LogP contribution in [0.4, 0.5) is 0 Å². The van der Waals surface area contributed by atoms with Crippen molar-refractivity contribution in [3.63, 3.8) is 0 Å². The number of aryl methyl sites for hydroxylation is 1. The minimum atomic E-state index is -0.153. The summed E-state index contributed by atoms with van der Waals surface area (Å²) in [6, 6.07) is 18.1. The Kier molecular flexibility index (Phi) is 5.38. The largest absolute Gasteiger partial charge is 0.351 e. The summed E-state index contributed by atoms with van der Waals surface area (Å²) >= 11 is 6.02. The molecule has 3 aromatic rings. The lowest BCUT2D eigenvalue weighted by atomic mass is 9.78. The van der Waals surface area contributed by atoms with Crippen molar-refractivity contribution in [3.05, 3.63) is 82.1 Å². The highest BCUT2D eigenvalue weighted by atomic mass is 35.5. The topological polar surface area (TPSA) is 46.9 Å². The fourth-order valence-electron chi connectivity index (χ4n) is 3.15. The Labute approximate surface area is 165 Å². The Morgan fingerprint density at radius 1 is 1.07 bits per heavy atom. The molecule has 1 heterocycles. The monoisotopic (exact) mass is 381 g/mol. The van der Waals surface area contributed by atoms with Crippen molar-refractivity contribution < 1.29 is 4.79 Å². The summed E-state index contributed by atoms with van der Waals surface area (Å²) in [7, 11) is 0. The van der Waals surface area contributed by atoms with Crippen molar-refractivity contribution >= 4 is 17.5 Å². The third kappa shape index (κ3) is 3.91. The molecule has 0 aliphatic heterocycles. The molecule has 3 rings (SSSR count). The van der Waals surface area contributed by atoms with Gasteiger partial charge >= 0.3 is 0 Å². The van der Waals surface area contributed by atoms with Crippen LogP contribution in [0, 0.1) is 6.92 Å². The van der Waals surface area contributed by atoms with Gasteiger partial charge in [-0.2, -0.15) is 5.10 Å². The standard InChI is InChI=1S/C22H24ClN3O/c1-5-24-21(27)20-14-15(2)26(25-20)19-12-8-17(9-13-19)22(3,4)16-6-10-18(23)11-7-16/h6-14H,5H2,1-4H3,(H,24,27). The van der Waals surface area contributed by atoms with Gasteiger partial charge in [-0.05, 0) is 55.3 Å². The number of rotatable bonds is 5. The van der Waals surface area contributed by atoms with Gasteiger partial charge in [-0.3, -0.25) is 4.79 Å². The molecule has 1 aromatic heterocycles. The third-order valence-electron chi connectivity index (χ3n) is 4.86. The molecule has 1 amide bonds. The Morgan fingerprint density at radius 3 is 2.19 bits per heavy atom. The van der Waals surface area contributed by atoms with Gasteiger partial charge in [-0.15, -0.1) is 0 Å². The first-order valence-corrected chi connectivity index (χ1v) is 9.42. The smallest absolute Gasteiger partial charge is 0.271 e. The lowest BCUT2D eigenvalue weighted by Crippen LogP contribution is -2.23. The van der Waals surface area contributed by atoms with E-state index in [0.717, 1.165) is 16.4 Å². The van der Waals surface area contributed by atoms with Crippen LogP contribution in [0.1, 0.15) is 48.1 Å². The molecule has 0 bridgehead atoms. The second kappa shape index (κ2) is 7.57. The maximum Gasteiger partial charge on any atom is 0.271 e. The van der Waals surface area contributed by atoms with E-state index in [1.54, 1.807) is 10.7 Å². The quantitative estimate of drug-likeness (QED) is 0.682. The fraction of sp³-hybridized carbons (Fsp3) is 0.273. The second-order valence-electron chi connectivity index (χ2n) is 7.12. The number of hydrogen-bond acceptors (Lipinski definition) is 2. The summed E-state index contributed by atoms with van der Waals surface area (Å²) in [5.74, 6) is -0.153. The molecule has 0 saturated carbocycles. The lowest BCUT2D eigenvalue weighted by molar-refractivity contribution is 0.0950. The van der Waals surface area contributed by atoms with Crippen LogP contribution in [0.2, 0.25) is 5.02 Å². The van der Waals surface area contributed by atoms with Gasteiger partial charge in [0.1, 0.15) is 0 Å². The van der Waals surface area contributed by atoms with Crippen LogP contribution < -0.4 is 5.32 Å². The zero-order valence-electron chi connectivity index (χ0n) is 16.1. The maximum atomic E-state index is 12.0. The maximum absolute atomic E-state index is 12.0. The van der Waals surface area contributed by atoms with E-state index < -0.39 is 0 Å². The van der Waals surface area contributed by atoms with Gasteiger partial charge in [0.2, 0.25) is 0 Å². The van der Waals surface area contributed by atoms with Gasteiger partial charge in [0.05, 0.1) is 5.69 Å². The van der Waals surface area contributed by atoms with Crippen molar-refractivity contribution in [3.8, 4) is 5.69 Å². The lowest BCUT2D eigenvalue weighted by Gasteiger charge is -2.26. The van der Waals surface area contributed by atoms with Gasteiger partial charge < -0.3 is 5.32 Å². The molecule has 1 N–H and O–H groups in total. The molecule has 0 radical (unpaired) electrons. The summed E-state index contributed by atoms with van der Waals surface area (Å²) in [4.78, 5) is 12.0. The first-order chi connectivity index (χ1) is 12.8. The van der Waals surface area contributed by atoms with E-state index in [0.29, 0.717) is 12.2 Å². The summed E-state index contributed by atoms with van der Waals surface area (Å²) in [5, 5.41) is 7.97. The van der Waals surface area contributed by atoms with Crippen LogP contribution in [-0.4, -0.2) is 22.2 Å². The number of carbonyl (C=O) groups is 1. The molecule has 2 aromatic carbocycles. The predicted octanol–water partition coefficient (Wildman–Crippen LogP) is 4.91. The van der Waals surface area contributed by atoms with Crippen LogP contribution in [0.5, 0.6) is 0 Å². The van der Waals surface area contributed by atoms with Crippen molar-refractivity contribution in [2.75, 3.05) is 6.54 Å². The van der Waals surface area contributed by atoms with E-state index in [2.05, 4.69) is 48.5 Å². The number of benzene rings is 2. The molecular formula is C22H24ClN3O. The van der Waals surface area contributed by atoms with E-state index in [1.165, 1.54) is 11.1 Å². The van der Waals surface area contributed by atoms with Gasteiger partial charge in [0.25, 0.3) is 5.91 Å². The summed E-state index contributed by atoms with van der Waals surface area (Å²) in [6.45, 7) is 8.80. The Morgan fingerprint density at radius 2 is 1.63 bits per heavy atom. The molecule has 0 saturated heterocycles. The van der Waals surface area contributed by atoms with E-state index in [-0.39, 0.29) is 11.3 Å². The minimum absolute atomic E-state index is 0.144. The van der Waals surface area contributed by atoms with E-state index >= 15 is 0 Å². The van der Waals surface area contributed by atoms with Crippen molar-refractivity contribution in [2.45, 2.75) is 33.1 Å². The highest BCUT2D eigenvalue weighted by molar-refractivity contribution is 6.30. The molecule has 0 unspecified atom stereocenters. The van der Waals surface area contributed by atoms with Gasteiger partial charge in [-0.1, -0.05) is 49.7 Å². The van der Waals surface area contributed by atoms with Gasteiger partial charge in [0, 0.05) is 22.7 Å². The number of hydrogen-bond donors (Lipinski definition) is 1. The SMILES string of the molecule is CCNC(=O)c1cc(C)n(-c2ccc(C(C)(C)c3ccc(Cl)cc3)cc2)n1. The van der Waals surface area contributed by atoms with Crippen molar-refractivity contribution in [2.24, 2.45) is 0 Å². The average molecular weight is 382 g/mol. The first kappa shape index (κ1) is 19.2. The summed E-state index contributed by atoms with van der Waals surface area (Å²) < 4.78 is 1.80. The Balaban J connectivity index is 1.89. The Bertz CT molecular complexity index is 941. The fourth-order valence-corrected chi connectivity index (χ4v) is 3.28. The molecule has 0 spiro atoms. The van der Waals surface area contributed by atoms with Crippen molar-refractivity contribution in [1.82, 2.24) is 15.1 Å². The normalized spacial score (nSPS) is 11.4. The molecule has 0 aliphatic carbocycles. The van der Waals surface area contributed by atoms with Crippen molar-refractivity contribution in [1.29, 1.82) is 0 Å². The average Bonchev–Trinajstić information content (AvgIpc) is 3.04. The molecule has 0 atom stereocenters. The highest BCUT2D eigenvalue weighted by Gasteiger charge is 2.23. The minimum Gasteiger partial charge on any atom is -0.351 e. The second-order valence-corrected chi connectivity index (χ2v) is 7.56. The molecule has 5 heteroatoms. The highest BCUT2D eigenvalue weighted by Crippen LogP contribution is 2.32. The molecule has 0 aliphatic rings. The van der Waals surface area contributed by atoms with Crippen LogP contribution in [0.3, 0.4) is 0 Å². The third-order valence-corrected chi connectivity index (χ3v) is 5.11. The number of nitrogens with zero attached hydrogens (tertiary/aromatic N) is 2. The van der Waals surface area contributed by atoms with E-state index in [9.17, 15) is 4.79 Å². The van der Waals surface area contributed by atoms with Crippen LogP contribution >= 0.6 is 11.6 Å². The zero-order chi connectivity index (χ0) is 19.6. The molecule has 0 fully saturated rings. The molecule has 27 heavy (non-hydrogen) atoms.